The number of anilines is 1. The van der Waals surface area contributed by atoms with Gasteiger partial charge in [0.05, 0.1) is 23.3 Å². The van der Waals surface area contributed by atoms with Crippen molar-refractivity contribution in [2.75, 3.05) is 25.5 Å². The van der Waals surface area contributed by atoms with Crippen LogP contribution in [-0.4, -0.2) is 47.1 Å². The molecule has 0 spiro atoms. The molecule has 1 aromatic carbocycles. The first-order chi connectivity index (χ1) is 9.99. The topological polar surface area (TPSA) is 95.7 Å². The standard InChI is InChI=1S/C13H16FN3O4/c1-15-11-6-9(12(17(20)21)7-10(11)14)13(19)16(4-5-18)8-2-3-8/h6-8,15,18H,2-5H2,1H3. The molecule has 2 rings (SSSR count). The number of carbonyl (C=O) groups is 1. The SMILES string of the molecule is CNc1cc(C(=O)N(CCO)C2CC2)c([N+](=O)[O-])cc1F. The number of benzene rings is 1. The van der Waals surface area contributed by atoms with Gasteiger partial charge in [-0.25, -0.2) is 4.39 Å². The third-order valence-corrected chi connectivity index (χ3v) is 3.37. The number of nitro groups is 1. The van der Waals surface area contributed by atoms with E-state index in [-0.39, 0.29) is 30.4 Å². The van der Waals surface area contributed by atoms with Crippen molar-refractivity contribution < 1.29 is 19.2 Å². The first-order valence-corrected chi connectivity index (χ1v) is 6.57. The zero-order valence-electron chi connectivity index (χ0n) is 11.5. The summed E-state index contributed by atoms with van der Waals surface area (Å²) in [4.78, 5) is 24.1. The maximum Gasteiger partial charge on any atom is 0.285 e. The molecule has 1 aliphatic carbocycles. The molecule has 0 atom stereocenters. The van der Waals surface area contributed by atoms with E-state index in [9.17, 15) is 19.3 Å². The normalized spacial score (nSPS) is 13.9. The molecule has 2 N–H and O–H groups in total. The molecule has 114 valence electrons. The molecule has 0 radical (unpaired) electrons. The Morgan fingerprint density at radius 2 is 2.24 bits per heavy atom. The fraction of sp³-hybridized carbons (Fsp3) is 0.462. The molecule has 8 heteroatoms. The molecule has 1 aliphatic rings. The maximum atomic E-state index is 13.6. The molecule has 21 heavy (non-hydrogen) atoms. The van der Waals surface area contributed by atoms with Crippen molar-refractivity contribution in [1.82, 2.24) is 4.90 Å². The number of aliphatic hydroxyl groups is 1. The average Bonchev–Trinajstić information content (AvgIpc) is 3.28. The molecule has 0 heterocycles. The Balaban J connectivity index is 2.44. The van der Waals surface area contributed by atoms with Gasteiger partial charge < -0.3 is 15.3 Å². The maximum absolute atomic E-state index is 13.6. The number of rotatable bonds is 6. The molecular weight excluding hydrogens is 281 g/mol. The molecule has 1 aromatic rings. The van der Waals surface area contributed by atoms with Crippen LogP contribution in [0.4, 0.5) is 15.8 Å². The van der Waals surface area contributed by atoms with Crippen molar-refractivity contribution in [3.63, 3.8) is 0 Å². The van der Waals surface area contributed by atoms with Crippen molar-refractivity contribution in [3.8, 4) is 0 Å². The van der Waals surface area contributed by atoms with E-state index in [1.165, 1.54) is 11.9 Å². The number of nitro benzene ring substituents is 1. The van der Waals surface area contributed by atoms with Crippen molar-refractivity contribution in [2.24, 2.45) is 0 Å². The number of amides is 1. The van der Waals surface area contributed by atoms with Gasteiger partial charge in [0.2, 0.25) is 0 Å². The van der Waals surface area contributed by atoms with Crippen LogP contribution in [0.25, 0.3) is 0 Å². The van der Waals surface area contributed by atoms with Crippen LogP contribution in [0, 0.1) is 15.9 Å². The van der Waals surface area contributed by atoms with E-state index in [1.807, 2.05) is 0 Å². The highest BCUT2D eigenvalue weighted by Gasteiger charge is 2.35. The molecule has 0 bridgehead atoms. The van der Waals surface area contributed by atoms with Crippen LogP contribution >= 0.6 is 0 Å². The van der Waals surface area contributed by atoms with Gasteiger partial charge >= 0.3 is 0 Å². The van der Waals surface area contributed by atoms with Gasteiger partial charge in [-0.15, -0.1) is 0 Å². The summed E-state index contributed by atoms with van der Waals surface area (Å²) in [6.45, 7) is -0.122. The largest absolute Gasteiger partial charge is 0.395 e. The molecule has 1 amide bonds. The predicted octanol–water partition coefficient (Wildman–Crippen LogP) is 1.37. The molecule has 0 aliphatic heterocycles. The van der Waals surface area contributed by atoms with Crippen molar-refractivity contribution in [1.29, 1.82) is 0 Å². The third-order valence-electron chi connectivity index (χ3n) is 3.37. The second-order valence-corrected chi connectivity index (χ2v) is 4.81. The van der Waals surface area contributed by atoms with Crippen LogP contribution in [0.3, 0.4) is 0 Å². The van der Waals surface area contributed by atoms with Crippen molar-refractivity contribution in [2.45, 2.75) is 18.9 Å². The lowest BCUT2D eigenvalue weighted by Gasteiger charge is -2.21. The number of aliphatic hydroxyl groups excluding tert-OH is 1. The quantitative estimate of drug-likeness (QED) is 0.611. The van der Waals surface area contributed by atoms with Crippen molar-refractivity contribution >= 4 is 17.3 Å². The predicted molar refractivity (Wildman–Crippen MR) is 73.7 cm³/mol. The monoisotopic (exact) mass is 297 g/mol. The first-order valence-electron chi connectivity index (χ1n) is 6.57. The number of hydrogen-bond donors (Lipinski definition) is 2. The molecule has 0 unspecified atom stereocenters. The minimum atomic E-state index is -0.791. The lowest BCUT2D eigenvalue weighted by molar-refractivity contribution is -0.385. The van der Waals surface area contributed by atoms with Crippen LogP contribution < -0.4 is 5.32 Å². The van der Waals surface area contributed by atoms with E-state index in [0.717, 1.165) is 25.0 Å². The van der Waals surface area contributed by atoms with Gasteiger partial charge in [-0.1, -0.05) is 0 Å². The van der Waals surface area contributed by atoms with Crippen LogP contribution in [-0.2, 0) is 0 Å². The molecule has 7 nitrogen and oxygen atoms in total. The highest BCUT2D eigenvalue weighted by molar-refractivity contribution is 5.99. The van der Waals surface area contributed by atoms with E-state index in [1.54, 1.807) is 0 Å². The zero-order chi connectivity index (χ0) is 15.6. The summed E-state index contributed by atoms with van der Waals surface area (Å²) in [5.74, 6) is -1.35. The van der Waals surface area contributed by atoms with Gasteiger partial charge in [0.1, 0.15) is 5.56 Å². The summed E-state index contributed by atoms with van der Waals surface area (Å²) in [6, 6.07) is 1.87. The summed E-state index contributed by atoms with van der Waals surface area (Å²) in [7, 11) is 1.46. The second kappa shape index (κ2) is 6.04. The zero-order valence-corrected chi connectivity index (χ0v) is 11.5. The van der Waals surface area contributed by atoms with Gasteiger partial charge in [-0.3, -0.25) is 14.9 Å². The highest BCUT2D eigenvalue weighted by atomic mass is 19.1. The Labute approximate surface area is 120 Å². The number of nitrogens with zero attached hydrogens (tertiary/aromatic N) is 2. The van der Waals surface area contributed by atoms with E-state index in [0.29, 0.717) is 0 Å². The summed E-state index contributed by atoms with van der Waals surface area (Å²) >= 11 is 0. The van der Waals surface area contributed by atoms with Crippen LogP contribution in [0.1, 0.15) is 23.2 Å². The minimum Gasteiger partial charge on any atom is -0.395 e. The van der Waals surface area contributed by atoms with Gasteiger partial charge in [-0.2, -0.15) is 0 Å². The molecule has 1 fully saturated rings. The molecular formula is C13H16FN3O4. The van der Waals surface area contributed by atoms with E-state index >= 15 is 0 Å². The number of halogens is 1. The van der Waals surface area contributed by atoms with Crippen LogP contribution in [0.15, 0.2) is 12.1 Å². The smallest absolute Gasteiger partial charge is 0.285 e. The number of carbonyl (C=O) groups excluding carboxylic acids is 1. The summed E-state index contributed by atoms with van der Waals surface area (Å²) < 4.78 is 13.6. The van der Waals surface area contributed by atoms with Gasteiger partial charge in [0.25, 0.3) is 11.6 Å². The minimum absolute atomic E-state index is 0.00709. The summed E-state index contributed by atoms with van der Waals surface area (Å²) in [6.07, 6.45) is 1.61. The van der Waals surface area contributed by atoms with E-state index < -0.39 is 22.3 Å². The van der Waals surface area contributed by atoms with E-state index in [2.05, 4.69) is 5.32 Å². The Kier molecular flexibility index (Phi) is 4.37. The Bertz CT molecular complexity index is 575. The molecule has 0 aromatic heterocycles. The van der Waals surface area contributed by atoms with E-state index in [4.69, 9.17) is 5.11 Å². The lowest BCUT2D eigenvalue weighted by atomic mass is 10.1. The van der Waals surface area contributed by atoms with Crippen molar-refractivity contribution in [3.05, 3.63) is 33.6 Å². The van der Waals surface area contributed by atoms with Gasteiger partial charge in [-0.05, 0) is 18.9 Å². The van der Waals surface area contributed by atoms with Gasteiger partial charge in [0, 0.05) is 19.6 Å². The fourth-order valence-corrected chi connectivity index (χ4v) is 2.18. The second-order valence-electron chi connectivity index (χ2n) is 4.81. The fourth-order valence-electron chi connectivity index (χ4n) is 2.18. The Morgan fingerprint density at radius 1 is 1.57 bits per heavy atom. The van der Waals surface area contributed by atoms with Gasteiger partial charge in [0.15, 0.2) is 5.82 Å². The Hall–Kier alpha value is -2.22. The van der Waals surface area contributed by atoms with Crippen LogP contribution in [0.2, 0.25) is 0 Å². The Morgan fingerprint density at radius 3 is 2.71 bits per heavy atom. The number of hydrogen-bond acceptors (Lipinski definition) is 5. The summed E-state index contributed by atoms with van der Waals surface area (Å²) in [5.41, 5.74) is -0.727. The summed E-state index contributed by atoms with van der Waals surface area (Å²) in [5, 5.41) is 22.6. The number of nitrogens with one attached hydrogen (secondary N) is 1. The molecule has 1 saturated carbocycles. The van der Waals surface area contributed by atoms with Crippen LogP contribution in [0.5, 0.6) is 0 Å². The highest BCUT2D eigenvalue weighted by Crippen LogP contribution is 2.32. The third kappa shape index (κ3) is 3.10. The molecule has 0 saturated heterocycles. The lowest BCUT2D eigenvalue weighted by Crippen LogP contribution is -2.36. The average molecular weight is 297 g/mol. The first kappa shape index (κ1) is 15.2.